The van der Waals surface area contributed by atoms with Gasteiger partial charge in [-0.1, -0.05) is 59.2 Å². The Morgan fingerprint density at radius 2 is 2.04 bits per heavy atom. The molecule has 26 heavy (non-hydrogen) atoms. The van der Waals surface area contributed by atoms with Gasteiger partial charge in [-0.05, 0) is 41.0 Å². The molecule has 0 saturated carbocycles. The Hall–Kier alpha value is -1.49. The Morgan fingerprint density at radius 3 is 2.88 bits per heavy atom. The third-order valence-corrected chi connectivity index (χ3v) is 6.36. The number of halogens is 2. The van der Waals surface area contributed by atoms with E-state index in [1.165, 1.54) is 10.4 Å². The molecule has 0 saturated heterocycles. The first-order valence-electron chi connectivity index (χ1n) is 8.74. The smallest absolute Gasteiger partial charge is 0.157 e. The van der Waals surface area contributed by atoms with Gasteiger partial charge in [0, 0.05) is 18.4 Å². The van der Waals surface area contributed by atoms with Gasteiger partial charge in [0.15, 0.2) is 5.17 Å². The van der Waals surface area contributed by atoms with Crippen LogP contribution in [0.25, 0.3) is 12.2 Å². The fraction of sp³-hybridized carbons (Fsp3) is 0.300. The predicted molar refractivity (Wildman–Crippen MR) is 112 cm³/mol. The number of nitrogens with zero attached hydrogens (tertiary/aromatic N) is 2. The number of rotatable bonds is 4. The zero-order chi connectivity index (χ0) is 17.9. The SMILES string of the molecule is Clc1cccc(C(Cc2nccc3c2=CCCC=3)NC2=NCCS2)c1Cl. The summed E-state index contributed by atoms with van der Waals surface area (Å²) < 4.78 is 0. The minimum atomic E-state index is -0.0279. The van der Waals surface area contributed by atoms with Crippen molar-refractivity contribution in [2.24, 2.45) is 4.99 Å². The molecule has 134 valence electrons. The van der Waals surface area contributed by atoms with Crippen molar-refractivity contribution in [3.63, 3.8) is 0 Å². The number of aromatic nitrogens is 1. The molecular formula is C20H19Cl2N3S. The molecule has 0 amide bonds. The molecule has 3 nitrogen and oxygen atoms in total. The molecule has 2 aromatic rings. The molecule has 1 N–H and O–H groups in total. The van der Waals surface area contributed by atoms with Crippen LogP contribution in [0.15, 0.2) is 35.5 Å². The second-order valence-electron chi connectivity index (χ2n) is 6.33. The number of thioether (sulfide) groups is 1. The standard InChI is InChI=1S/C20H19Cl2N3S/c21-16-7-3-6-15(19(16)22)18(25-20-24-10-11-26-20)12-17-14-5-2-1-4-13(14)8-9-23-17/h3-9,18H,1-2,10-12H2,(H,24,25). The fourth-order valence-electron chi connectivity index (χ4n) is 3.37. The van der Waals surface area contributed by atoms with Crippen molar-refractivity contribution in [2.45, 2.75) is 25.3 Å². The highest BCUT2D eigenvalue weighted by atomic mass is 35.5. The Bertz CT molecular complexity index is 972. The Morgan fingerprint density at radius 1 is 1.15 bits per heavy atom. The Labute approximate surface area is 167 Å². The quantitative estimate of drug-likeness (QED) is 0.844. The summed E-state index contributed by atoms with van der Waals surface area (Å²) in [5, 5.41) is 8.20. The Balaban J connectivity index is 1.73. The van der Waals surface area contributed by atoms with E-state index in [0.717, 1.165) is 48.0 Å². The number of nitrogens with one attached hydrogen (secondary N) is 1. The van der Waals surface area contributed by atoms with E-state index >= 15 is 0 Å². The topological polar surface area (TPSA) is 37.3 Å². The molecule has 1 aromatic heterocycles. The zero-order valence-corrected chi connectivity index (χ0v) is 16.5. The summed E-state index contributed by atoms with van der Waals surface area (Å²) in [7, 11) is 0. The zero-order valence-electron chi connectivity index (χ0n) is 14.2. The van der Waals surface area contributed by atoms with E-state index in [1.807, 2.05) is 24.4 Å². The highest BCUT2D eigenvalue weighted by Crippen LogP contribution is 2.31. The van der Waals surface area contributed by atoms with E-state index < -0.39 is 0 Å². The molecule has 0 fully saturated rings. The van der Waals surface area contributed by atoms with Gasteiger partial charge in [0.2, 0.25) is 0 Å². The van der Waals surface area contributed by atoms with Crippen LogP contribution in [0.2, 0.25) is 10.0 Å². The number of hydrogen-bond donors (Lipinski definition) is 1. The molecule has 2 aliphatic rings. The van der Waals surface area contributed by atoms with E-state index in [0.29, 0.717) is 10.0 Å². The third kappa shape index (κ3) is 3.78. The number of fused-ring (bicyclic) bond motifs is 1. The highest BCUT2D eigenvalue weighted by Gasteiger charge is 2.21. The van der Waals surface area contributed by atoms with Crippen LogP contribution in [0, 0.1) is 0 Å². The van der Waals surface area contributed by atoms with E-state index in [4.69, 9.17) is 23.2 Å². The summed E-state index contributed by atoms with van der Waals surface area (Å²) in [4.78, 5) is 9.21. The van der Waals surface area contributed by atoms with Crippen LogP contribution in [0.5, 0.6) is 0 Å². The van der Waals surface area contributed by atoms with Crippen LogP contribution in [0.4, 0.5) is 0 Å². The van der Waals surface area contributed by atoms with Gasteiger partial charge >= 0.3 is 0 Å². The molecular weight excluding hydrogens is 385 g/mol. The molecule has 1 aliphatic carbocycles. The summed E-state index contributed by atoms with van der Waals surface area (Å²) in [5.74, 6) is 1.01. The first kappa shape index (κ1) is 17.9. The van der Waals surface area contributed by atoms with Gasteiger partial charge in [0.1, 0.15) is 0 Å². The van der Waals surface area contributed by atoms with Gasteiger partial charge in [-0.25, -0.2) is 0 Å². The maximum absolute atomic E-state index is 6.53. The van der Waals surface area contributed by atoms with Crippen molar-refractivity contribution in [3.8, 4) is 0 Å². The fourth-order valence-corrected chi connectivity index (χ4v) is 4.59. The van der Waals surface area contributed by atoms with Crippen molar-refractivity contribution in [1.29, 1.82) is 0 Å². The number of amidine groups is 1. The molecule has 0 bridgehead atoms. The summed E-state index contributed by atoms with van der Waals surface area (Å²) in [6.07, 6.45) is 9.34. The third-order valence-electron chi connectivity index (χ3n) is 4.62. The summed E-state index contributed by atoms with van der Waals surface area (Å²) >= 11 is 14.5. The van der Waals surface area contributed by atoms with Gasteiger partial charge in [0.25, 0.3) is 0 Å². The molecule has 0 radical (unpaired) electrons. The van der Waals surface area contributed by atoms with Crippen LogP contribution in [0.3, 0.4) is 0 Å². The summed E-state index contributed by atoms with van der Waals surface area (Å²) in [6.45, 7) is 0.852. The van der Waals surface area contributed by atoms with Gasteiger partial charge in [-0.15, -0.1) is 0 Å². The number of pyridine rings is 1. The molecule has 4 rings (SSSR count). The molecule has 2 heterocycles. The van der Waals surface area contributed by atoms with Crippen LogP contribution < -0.4 is 15.8 Å². The van der Waals surface area contributed by atoms with E-state index in [2.05, 4.69) is 33.5 Å². The maximum Gasteiger partial charge on any atom is 0.157 e. The summed E-state index contributed by atoms with van der Waals surface area (Å²) in [5.41, 5.74) is 2.06. The van der Waals surface area contributed by atoms with Crippen LogP contribution >= 0.6 is 35.0 Å². The van der Waals surface area contributed by atoms with Gasteiger partial charge in [-0.3, -0.25) is 9.98 Å². The molecule has 1 aliphatic heterocycles. The molecule has 0 spiro atoms. The van der Waals surface area contributed by atoms with Gasteiger partial charge in [0.05, 0.1) is 28.3 Å². The van der Waals surface area contributed by atoms with Gasteiger partial charge < -0.3 is 5.32 Å². The van der Waals surface area contributed by atoms with Crippen LogP contribution in [0.1, 0.15) is 30.1 Å². The molecule has 1 atom stereocenters. The van der Waals surface area contributed by atoms with Gasteiger partial charge in [-0.2, -0.15) is 0 Å². The number of aliphatic imine (C=N–C) groups is 1. The molecule has 1 unspecified atom stereocenters. The number of benzene rings is 1. The minimum Gasteiger partial charge on any atom is -0.358 e. The van der Waals surface area contributed by atoms with E-state index in [-0.39, 0.29) is 6.04 Å². The molecule has 6 heteroatoms. The average Bonchev–Trinajstić information content (AvgIpc) is 3.17. The lowest BCUT2D eigenvalue weighted by Gasteiger charge is -2.22. The second-order valence-corrected chi connectivity index (χ2v) is 8.19. The minimum absolute atomic E-state index is 0.0279. The van der Waals surface area contributed by atoms with Crippen molar-refractivity contribution in [1.82, 2.24) is 10.3 Å². The van der Waals surface area contributed by atoms with Crippen molar-refractivity contribution in [3.05, 3.63) is 62.2 Å². The Kier molecular flexibility index (Phi) is 5.53. The number of hydrogen-bond acceptors (Lipinski definition) is 4. The summed E-state index contributed by atoms with van der Waals surface area (Å²) in [6, 6.07) is 7.84. The lowest BCUT2D eigenvalue weighted by atomic mass is 9.98. The largest absolute Gasteiger partial charge is 0.358 e. The lowest BCUT2D eigenvalue weighted by molar-refractivity contribution is 0.635. The van der Waals surface area contributed by atoms with Crippen molar-refractivity contribution in [2.75, 3.05) is 12.3 Å². The first-order chi connectivity index (χ1) is 12.7. The molecule has 1 aromatic carbocycles. The average molecular weight is 404 g/mol. The van der Waals surface area contributed by atoms with E-state index in [9.17, 15) is 0 Å². The van der Waals surface area contributed by atoms with Crippen molar-refractivity contribution >= 4 is 52.3 Å². The highest BCUT2D eigenvalue weighted by molar-refractivity contribution is 8.14. The first-order valence-corrected chi connectivity index (χ1v) is 10.5. The normalized spacial score (nSPS) is 16.9. The monoisotopic (exact) mass is 403 g/mol. The maximum atomic E-state index is 6.53. The second kappa shape index (κ2) is 8.03. The van der Waals surface area contributed by atoms with Crippen molar-refractivity contribution < 1.29 is 0 Å². The lowest BCUT2D eigenvalue weighted by Crippen LogP contribution is -2.35. The van der Waals surface area contributed by atoms with E-state index in [1.54, 1.807) is 11.8 Å². The van der Waals surface area contributed by atoms with Crippen LogP contribution in [-0.2, 0) is 6.42 Å². The van der Waals surface area contributed by atoms with Crippen LogP contribution in [-0.4, -0.2) is 22.4 Å². The predicted octanol–water partition coefficient (Wildman–Crippen LogP) is 3.72.